The molecule has 55 heavy (non-hydrogen) atoms. The van der Waals surface area contributed by atoms with Crippen LogP contribution in [0.3, 0.4) is 0 Å². The number of aryl methyl sites for hydroxylation is 1. The fourth-order valence-electron chi connectivity index (χ4n) is 7.47. The molecule has 0 amide bonds. The second-order valence-corrected chi connectivity index (χ2v) is 15.0. The van der Waals surface area contributed by atoms with Gasteiger partial charge in [0.15, 0.2) is 0 Å². The Hall–Kier alpha value is -5.68. The minimum Gasteiger partial charge on any atom is -0.291 e. The van der Waals surface area contributed by atoms with E-state index in [-0.39, 0.29) is 0 Å². The van der Waals surface area contributed by atoms with E-state index in [1.165, 1.54) is 33.9 Å². The highest BCUT2D eigenvalue weighted by molar-refractivity contribution is 6.06. The molecule has 2 aliphatic heterocycles. The van der Waals surface area contributed by atoms with Crippen molar-refractivity contribution in [1.82, 2.24) is 15.0 Å². The summed E-state index contributed by atoms with van der Waals surface area (Å²) in [6, 6.07) is 18.0. The molecule has 0 spiro atoms. The van der Waals surface area contributed by atoms with Crippen molar-refractivity contribution in [2.24, 2.45) is 5.92 Å². The van der Waals surface area contributed by atoms with Crippen LogP contribution in [0, 0.1) is 19.8 Å². The molecule has 0 radical (unpaired) electrons. The molecule has 0 N–H and O–H groups in total. The van der Waals surface area contributed by atoms with Gasteiger partial charge in [-0.15, -0.1) is 0 Å². The molecule has 1 aromatic heterocycles. The van der Waals surface area contributed by atoms with Crippen LogP contribution in [0.25, 0.3) is 33.0 Å². The van der Waals surface area contributed by atoms with Gasteiger partial charge in [-0.05, 0) is 115 Å². The van der Waals surface area contributed by atoms with Crippen molar-refractivity contribution < 1.29 is 0 Å². The number of hydrogen-bond donors (Lipinski definition) is 0. The number of allylic oxidation sites excluding steroid dienone is 11. The number of anilines is 3. The highest BCUT2D eigenvalue weighted by Gasteiger charge is 2.25. The molecule has 3 heterocycles. The number of aromatic nitrogens is 2. The summed E-state index contributed by atoms with van der Waals surface area (Å²) in [7, 11) is 2.10. The maximum atomic E-state index is 5.27. The van der Waals surface area contributed by atoms with E-state index in [1.807, 2.05) is 6.08 Å². The van der Waals surface area contributed by atoms with E-state index in [0.29, 0.717) is 11.9 Å². The van der Waals surface area contributed by atoms with Gasteiger partial charge >= 0.3 is 0 Å². The molecule has 282 valence electrons. The Morgan fingerprint density at radius 3 is 2.36 bits per heavy atom. The highest BCUT2D eigenvalue weighted by Crippen LogP contribution is 2.44. The van der Waals surface area contributed by atoms with Gasteiger partial charge in [0.05, 0.1) is 22.8 Å². The zero-order valence-corrected chi connectivity index (χ0v) is 33.9. The molecule has 0 saturated carbocycles. The first-order valence-corrected chi connectivity index (χ1v) is 19.9. The van der Waals surface area contributed by atoms with E-state index in [2.05, 4.69) is 186 Å². The zero-order chi connectivity index (χ0) is 39.1. The predicted octanol–water partition coefficient (Wildman–Crippen LogP) is 13.5. The molecule has 0 fully saturated rings. The summed E-state index contributed by atoms with van der Waals surface area (Å²) < 4.78 is 0. The lowest BCUT2D eigenvalue weighted by Gasteiger charge is -2.36. The Labute approximate surface area is 329 Å². The van der Waals surface area contributed by atoms with E-state index in [4.69, 9.17) is 9.97 Å². The molecule has 1 aliphatic carbocycles. The third-order valence-electron chi connectivity index (χ3n) is 10.2. The quantitative estimate of drug-likeness (QED) is 0.185. The number of nitrogens with zero attached hydrogens (tertiary/aromatic N) is 5. The van der Waals surface area contributed by atoms with Crippen molar-refractivity contribution in [3.8, 4) is 11.1 Å². The van der Waals surface area contributed by atoms with Gasteiger partial charge in [-0.1, -0.05) is 126 Å². The smallest absolute Gasteiger partial charge is 0.234 e. The molecule has 3 aromatic carbocycles. The fraction of sp³-hybridized carbons (Fsp3) is 0.280. The van der Waals surface area contributed by atoms with E-state index in [1.54, 1.807) is 0 Å². The van der Waals surface area contributed by atoms with Crippen molar-refractivity contribution >= 4 is 39.2 Å². The summed E-state index contributed by atoms with van der Waals surface area (Å²) in [4.78, 5) is 12.5. The van der Waals surface area contributed by atoms with Crippen molar-refractivity contribution in [3.05, 3.63) is 163 Å². The van der Waals surface area contributed by atoms with E-state index in [0.717, 1.165) is 82.8 Å². The van der Waals surface area contributed by atoms with E-state index in [9.17, 15) is 0 Å². The van der Waals surface area contributed by atoms with Crippen molar-refractivity contribution in [1.29, 1.82) is 0 Å². The average Bonchev–Trinajstić information content (AvgIpc) is 3.26. The fourth-order valence-corrected chi connectivity index (χ4v) is 7.47. The molecular weight excluding hydrogens is 671 g/mol. The van der Waals surface area contributed by atoms with E-state index >= 15 is 0 Å². The summed E-state index contributed by atoms with van der Waals surface area (Å²) in [5.74, 6) is 1.04. The maximum Gasteiger partial charge on any atom is 0.234 e. The minimum atomic E-state index is 0.356. The van der Waals surface area contributed by atoms with Crippen LogP contribution in [0.5, 0.6) is 0 Å². The van der Waals surface area contributed by atoms with Gasteiger partial charge in [-0.2, -0.15) is 0 Å². The van der Waals surface area contributed by atoms with Gasteiger partial charge in [0.2, 0.25) is 5.95 Å². The van der Waals surface area contributed by atoms with Crippen LogP contribution in [-0.4, -0.2) is 22.0 Å². The molecule has 5 heteroatoms. The Balaban J connectivity index is 0.00000166. The summed E-state index contributed by atoms with van der Waals surface area (Å²) in [6.07, 6.45) is 29.6. The third-order valence-corrected chi connectivity index (χ3v) is 10.2. The van der Waals surface area contributed by atoms with Gasteiger partial charge in [-0.25, -0.2) is 9.97 Å². The second-order valence-electron chi connectivity index (χ2n) is 15.0. The lowest BCUT2D eigenvalue weighted by molar-refractivity contribution is 0.451. The molecule has 5 nitrogen and oxygen atoms in total. The van der Waals surface area contributed by atoms with Crippen LogP contribution in [0.1, 0.15) is 87.9 Å². The van der Waals surface area contributed by atoms with Gasteiger partial charge in [0.25, 0.3) is 0 Å². The predicted molar refractivity (Wildman–Crippen MR) is 238 cm³/mol. The zero-order valence-electron chi connectivity index (χ0n) is 33.9. The first kappa shape index (κ1) is 39.0. The number of hydrazine groups is 1. The van der Waals surface area contributed by atoms with E-state index < -0.39 is 0 Å². The van der Waals surface area contributed by atoms with Crippen LogP contribution in [0.15, 0.2) is 134 Å². The Kier molecular flexibility index (Phi) is 12.5. The van der Waals surface area contributed by atoms with Crippen LogP contribution >= 0.6 is 0 Å². The SMILES string of the molecule is C=C/C(=C\C(C)C)N1c2c(cc(-c3ccc4c(c3)N(c3nc(C)c(C)c(C5=CC=CCC5)n3)/C=C\CCC4=C)c3ccccc23)C/C=C\C=C/N1C.CCC. The lowest BCUT2D eigenvalue weighted by Crippen LogP contribution is -2.36. The molecule has 7 rings (SSSR count). The normalized spacial score (nSPS) is 17.5. The topological polar surface area (TPSA) is 35.5 Å². The van der Waals surface area contributed by atoms with Crippen molar-refractivity contribution in [3.63, 3.8) is 0 Å². The van der Waals surface area contributed by atoms with Crippen molar-refractivity contribution in [2.75, 3.05) is 17.0 Å². The molecule has 0 bridgehead atoms. The van der Waals surface area contributed by atoms with Gasteiger partial charge < -0.3 is 0 Å². The summed E-state index contributed by atoms with van der Waals surface area (Å²) in [5, 5.41) is 6.84. The lowest BCUT2D eigenvalue weighted by atomic mass is 9.90. The first-order chi connectivity index (χ1) is 26.7. The number of rotatable bonds is 6. The Bertz CT molecular complexity index is 2260. The number of hydrogen-bond acceptors (Lipinski definition) is 5. The summed E-state index contributed by atoms with van der Waals surface area (Å²) in [6.45, 7) is 21.7. The van der Waals surface area contributed by atoms with Crippen LogP contribution in [0.4, 0.5) is 17.3 Å². The largest absolute Gasteiger partial charge is 0.291 e. The molecule has 0 atom stereocenters. The number of benzene rings is 3. The molecule has 4 aromatic rings. The van der Waals surface area contributed by atoms with Gasteiger partial charge in [0, 0.05) is 36.1 Å². The van der Waals surface area contributed by atoms with Gasteiger partial charge in [0.1, 0.15) is 0 Å². The minimum absolute atomic E-state index is 0.356. The average molecular weight is 728 g/mol. The standard InChI is InChI=1S/C47H49N5.C3H8/c1-8-39(29-32(2)3)52-46-38(22-13-10-17-27-50(52)7)30-43(41-23-14-15-24-42(41)46)37-25-26-40-33(4)19-16-18-28-51(44(40)31-37)47-48-35(6)34(5)45(49-47)36-20-11-9-12-21-36;1-3-2/h8-11,13-15,17-18,20,23-32H,1,4,12,16,19,21-22H2,2-3,5-7H3;3H2,1-2H3/b13-10-,27-17-,28-18-,39-29+;. The summed E-state index contributed by atoms with van der Waals surface area (Å²) in [5.41, 5.74) is 13.5. The summed E-state index contributed by atoms with van der Waals surface area (Å²) >= 11 is 0. The molecule has 0 unspecified atom stereocenters. The maximum absolute atomic E-state index is 5.27. The molecule has 3 aliphatic rings. The monoisotopic (exact) mass is 727 g/mol. The Morgan fingerprint density at radius 2 is 1.64 bits per heavy atom. The highest BCUT2D eigenvalue weighted by atomic mass is 15.6. The molecular formula is C50H57N5. The van der Waals surface area contributed by atoms with Crippen LogP contribution < -0.4 is 9.91 Å². The molecule has 0 saturated heterocycles. The first-order valence-electron chi connectivity index (χ1n) is 19.9. The number of fused-ring (bicyclic) bond motifs is 4. The van der Waals surface area contributed by atoms with Crippen LogP contribution in [0.2, 0.25) is 0 Å². The second kappa shape index (κ2) is 17.6. The van der Waals surface area contributed by atoms with Crippen LogP contribution in [-0.2, 0) is 6.42 Å². The van der Waals surface area contributed by atoms with Crippen molar-refractivity contribution in [2.45, 2.75) is 80.1 Å². The Morgan fingerprint density at radius 1 is 0.873 bits per heavy atom. The third kappa shape index (κ3) is 8.37. The van der Waals surface area contributed by atoms with Gasteiger partial charge in [-0.3, -0.25) is 14.9 Å².